The lowest BCUT2D eigenvalue weighted by atomic mass is 9.94. The quantitative estimate of drug-likeness (QED) is 0.801. The summed E-state index contributed by atoms with van der Waals surface area (Å²) < 4.78 is 0. The van der Waals surface area contributed by atoms with Crippen LogP contribution in [0.1, 0.15) is 44.4 Å². The molecule has 1 aromatic rings. The van der Waals surface area contributed by atoms with Crippen LogP contribution in [0.15, 0.2) is 6.33 Å². The van der Waals surface area contributed by atoms with Crippen LogP contribution in [0.5, 0.6) is 0 Å². The van der Waals surface area contributed by atoms with Gasteiger partial charge in [0.05, 0.1) is 0 Å². The molecule has 1 atom stereocenters. The van der Waals surface area contributed by atoms with Gasteiger partial charge in [-0.1, -0.05) is 13.8 Å². The minimum atomic E-state index is -0.731. The molecule has 0 amide bonds. The number of anilines is 1. The van der Waals surface area contributed by atoms with E-state index < -0.39 is 5.97 Å². The van der Waals surface area contributed by atoms with Gasteiger partial charge in [-0.15, -0.1) is 0 Å². The van der Waals surface area contributed by atoms with Crippen LogP contribution < -0.4 is 5.32 Å². The minimum Gasteiger partial charge on any atom is -0.481 e. The summed E-state index contributed by atoms with van der Waals surface area (Å²) in [4.78, 5) is 19.5. The normalized spacial score (nSPS) is 15.2. The number of nitrogens with one attached hydrogen (secondary N) is 1. The van der Waals surface area contributed by atoms with E-state index >= 15 is 0 Å². The Morgan fingerprint density at radius 3 is 2.90 bits per heavy atom. The van der Waals surface area contributed by atoms with E-state index in [1.165, 1.54) is 5.56 Å². The zero-order valence-corrected chi connectivity index (χ0v) is 12.2. The molecule has 5 heteroatoms. The predicted molar refractivity (Wildman–Crippen MR) is 77.7 cm³/mol. The highest BCUT2D eigenvalue weighted by Gasteiger charge is 2.19. The van der Waals surface area contributed by atoms with Gasteiger partial charge in [0.2, 0.25) is 0 Å². The van der Waals surface area contributed by atoms with Crippen molar-refractivity contribution >= 4 is 11.8 Å². The van der Waals surface area contributed by atoms with Crippen LogP contribution >= 0.6 is 0 Å². The first-order valence-corrected chi connectivity index (χ1v) is 7.34. The van der Waals surface area contributed by atoms with E-state index in [1.54, 1.807) is 6.33 Å². The maximum atomic E-state index is 10.9. The standard InChI is InChI=1S/C15H23N3O2/c1-10(2)6-11(7-14(19)20)8-16-15-12-4-3-5-13(12)17-9-18-15/h9-11H,3-8H2,1-2H3,(H,19,20)(H,16,17,18). The third-order valence-corrected chi connectivity index (χ3v) is 3.70. The lowest BCUT2D eigenvalue weighted by Crippen LogP contribution is -2.20. The van der Waals surface area contributed by atoms with Crippen molar-refractivity contribution in [3.8, 4) is 0 Å². The lowest BCUT2D eigenvalue weighted by molar-refractivity contribution is -0.138. The van der Waals surface area contributed by atoms with Crippen molar-refractivity contribution in [3.05, 3.63) is 17.6 Å². The fourth-order valence-electron chi connectivity index (χ4n) is 2.91. The van der Waals surface area contributed by atoms with Crippen LogP contribution in [-0.4, -0.2) is 27.6 Å². The predicted octanol–water partition coefficient (Wildman–Crippen LogP) is 2.51. The summed E-state index contributed by atoms with van der Waals surface area (Å²) in [5.74, 6) is 0.800. The van der Waals surface area contributed by atoms with Crippen LogP contribution in [-0.2, 0) is 17.6 Å². The fraction of sp³-hybridized carbons (Fsp3) is 0.667. The summed E-state index contributed by atoms with van der Waals surface area (Å²) in [6, 6.07) is 0. The number of rotatable bonds is 7. The maximum Gasteiger partial charge on any atom is 0.303 e. The van der Waals surface area contributed by atoms with Crippen molar-refractivity contribution in [3.63, 3.8) is 0 Å². The first-order valence-electron chi connectivity index (χ1n) is 7.34. The zero-order valence-electron chi connectivity index (χ0n) is 12.2. The molecular weight excluding hydrogens is 254 g/mol. The Kier molecular flexibility index (Phi) is 4.93. The number of carboxylic acids is 1. The summed E-state index contributed by atoms with van der Waals surface area (Å²) in [7, 11) is 0. The topological polar surface area (TPSA) is 75.1 Å². The molecule has 0 saturated carbocycles. The molecule has 0 saturated heterocycles. The first-order chi connectivity index (χ1) is 9.56. The molecule has 1 unspecified atom stereocenters. The van der Waals surface area contributed by atoms with Gasteiger partial charge in [0.15, 0.2) is 0 Å². The van der Waals surface area contributed by atoms with E-state index in [1.807, 2.05) is 0 Å². The Morgan fingerprint density at radius 2 is 2.20 bits per heavy atom. The highest BCUT2D eigenvalue weighted by atomic mass is 16.4. The third kappa shape index (κ3) is 3.92. The Bertz CT molecular complexity index is 474. The highest BCUT2D eigenvalue weighted by molar-refractivity contribution is 5.67. The minimum absolute atomic E-state index is 0.138. The molecule has 0 radical (unpaired) electrons. The Balaban J connectivity index is 1.98. The second-order valence-corrected chi connectivity index (χ2v) is 5.98. The summed E-state index contributed by atoms with van der Waals surface area (Å²) in [6.45, 7) is 4.91. The van der Waals surface area contributed by atoms with E-state index in [2.05, 4.69) is 29.1 Å². The Labute approximate surface area is 119 Å². The van der Waals surface area contributed by atoms with Crippen molar-refractivity contribution in [1.82, 2.24) is 9.97 Å². The number of hydrogen-bond donors (Lipinski definition) is 2. The molecular formula is C15H23N3O2. The van der Waals surface area contributed by atoms with Crippen LogP contribution in [0.3, 0.4) is 0 Å². The van der Waals surface area contributed by atoms with Crippen molar-refractivity contribution in [2.75, 3.05) is 11.9 Å². The zero-order chi connectivity index (χ0) is 14.5. The molecule has 1 aliphatic carbocycles. The number of carboxylic acid groups (broad SMARTS) is 1. The van der Waals surface area contributed by atoms with E-state index in [-0.39, 0.29) is 12.3 Å². The van der Waals surface area contributed by atoms with Gasteiger partial charge >= 0.3 is 5.97 Å². The second-order valence-electron chi connectivity index (χ2n) is 5.98. The molecule has 0 aromatic carbocycles. The summed E-state index contributed by atoms with van der Waals surface area (Å²) in [5.41, 5.74) is 2.35. The van der Waals surface area contributed by atoms with Gasteiger partial charge in [-0.25, -0.2) is 9.97 Å². The van der Waals surface area contributed by atoms with Crippen LogP contribution in [0.4, 0.5) is 5.82 Å². The second kappa shape index (κ2) is 6.68. The number of hydrogen-bond acceptors (Lipinski definition) is 4. The van der Waals surface area contributed by atoms with Crippen molar-refractivity contribution in [2.24, 2.45) is 11.8 Å². The molecule has 1 aliphatic rings. The molecule has 110 valence electrons. The van der Waals surface area contributed by atoms with Gasteiger partial charge in [-0.2, -0.15) is 0 Å². The van der Waals surface area contributed by atoms with E-state index in [4.69, 9.17) is 5.11 Å². The summed E-state index contributed by atoms with van der Waals surface area (Å²) in [5, 5.41) is 12.3. The smallest absolute Gasteiger partial charge is 0.303 e. The fourth-order valence-corrected chi connectivity index (χ4v) is 2.91. The molecule has 2 N–H and O–H groups in total. The Morgan fingerprint density at radius 1 is 1.40 bits per heavy atom. The molecule has 0 fully saturated rings. The van der Waals surface area contributed by atoms with Gasteiger partial charge in [-0.3, -0.25) is 4.79 Å². The third-order valence-electron chi connectivity index (χ3n) is 3.70. The SMILES string of the molecule is CC(C)CC(CNc1ncnc2c1CCC2)CC(=O)O. The molecule has 20 heavy (non-hydrogen) atoms. The Hall–Kier alpha value is -1.65. The molecule has 5 nitrogen and oxygen atoms in total. The molecule has 0 bridgehead atoms. The lowest BCUT2D eigenvalue weighted by Gasteiger charge is -2.19. The largest absolute Gasteiger partial charge is 0.481 e. The molecule has 1 heterocycles. The molecule has 0 spiro atoms. The van der Waals surface area contributed by atoms with Gasteiger partial charge < -0.3 is 10.4 Å². The number of aliphatic carboxylic acids is 1. The molecule has 0 aliphatic heterocycles. The van der Waals surface area contributed by atoms with Gasteiger partial charge in [-0.05, 0) is 37.5 Å². The van der Waals surface area contributed by atoms with Gasteiger partial charge in [0, 0.05) is 24.2 Å². The summed E-state index contributed by atoms with van der Waals surface area (Å²) >= 11 is 0. The first kappa shape index (κ1) is 14.8. The summed E-state index contributed by atoms with van der Waals surface area (Å²) in [6.07, 6.45) is 5.89. The number of nitrogens with zero attached hydrogens (tertiary/aromatic N) is 2. The average Bonchev–Trinajstić information content (AvgIpc) is 2.83. The average molecular weight is 277 g/mol. The van der Waals surface area contributed by atoms with Gasteiger partial charge in [0.1, 0.15) is 12.1 Å². The monoisotopic (exact) mass is 277 g/mol. The maximum absolute atomic E-state index is 10.9. The number of fused-ring (bicyclic) bond motifs is 1. The van der Waals surface area contributed by atoms with Crippen molar-refractivity contribution in [1.29, 1.82) is 0 Å². The highest BCUT2D eigenvalue weighted by Crippen LogP contribution is 2.25. The van der Waals surface area contributed by atoms with E-state index in [0.717, 1.165) is 37.2 Å². The van der Waals surface area contributed by atoms with E-state index in [0.29, 0.717) is 12.5 Å². The molecule has 2 rings (SSSR count). The van der Waals surface area contributed by atoms with Crippen molar-refractivity contribution in [2.45, 2.75) is 46.0 Å². The van der Waals surface area contributed by atoms with Gasteiger partial charge in [0.25, 0.3) is 0 Å². The van der Waals surface area contributed by atoms with Crippen LogP contribution in [0.2, 0.25) is 0 Å². The molecule has 1 aromatic heterocycles. The number of carbonyl (C=O) groups is 1. The van der Waals surface area contributed by atoms with Crippen LogP contribution in [0.25, 0.3) is 0 Å². The van der Waals surface area contributed by atoms with E-state index in [9.17, 15) is 4.79 Å². The number of aryl methyl sites for hydroxylation is 1. The van der Waals surface area contributed by atoms with Crippen LogP contribution in [0, 0.1) is 11.8 Å². The number of aromatic nitrogens is 2. The van der Waals surface area contributed by atoms with Crippen molar-refractivity contribution < 1.29 is 9.90 Å².